The average molecular weight is 264 g/mol. The first-order chi connectivity index (χ1) is 8.85. The summed E-state index contributed by atoms with van der Waals surface area (Å²) in [5.41, 5.74) is 0.296. The van der Waals surface area contributed by atoms with Crippen LogP contribution >= 0.6 is 0 Å². The lowest BCUT2D eigenvalue weighted by Crippen LogP contribution is -2.26. The summed E-state index contributed by atoms with van der Waals surface area (Å²) in [7, 11) is 0. The second kappa shape index (κ2) is 6.27. The minimum absolute atomic E-state index is 0.335. The zero-order valence-corrected chi connectivity index (χ0v) is 11.9. The van der Waals surface area contributed by atoms with E-state index in [1.807, 2.05) is 6.92 Å². The van der Waals surface area contributed by atoms with Crippen LogP contribution in [0.25, 0.3) is 6.08 Å². The lowest BCUT2D eigenvalue weighted by Gasteiger charge is -2.19. The Morgan fingerprint density at radius 3 is 2.53 bits per heavy atom. The third kappa shape index (κ3) is 5.04. The molecule has 4 heteroatoms. The van der Waals surface area contributed by atoms with E-state index in [0.717, 1.165) is 5.56 Å². The molecule has 104 valence electrons. The van der Waals surface area contributed by atoms with Gasteiger partial charge in [0.15, 0.2) is 11.5 Å². The van der Waals surface area contributed by atoms with Crippen LogP contribution in [-0.2, 0) is 4.74 Å². The van der Waals surface area contributed by atoms with Gasteiger partial charge in [0.25, 0.3) is 0 Å². The summed E-state index contributed by atoms with van der Waals surface area (Å²) < 4.78 is 15.7. The number of rotatable bonds is 4. The second-order valence-corrected chi connectivity index (χ2v) is 4.91. The van der Waals surface area contributed by atoms with Crippen LogP contribution in [0.1, 0.15) is 33.3 Å². The summed E-state index contributed by atoms with van der Waals surface area (Å²) in [6.07, 6.45) is 0.944. The Morgan fingerprint density at radius 2 is 2.00 bits per heavy atom. The molecule has 0 amide bonds. The van der Waals surface area contributed by atoms with Crippen LogP contribution in [0.2, 0.25) is 0 Å². The first-order valence-electron chi connectivity index (χ1n) is 6.16. The first-order valence-corrected chi connectivity index (χ1v) is 6.16. The van der Waals surface area contributed by atoms with Crippen molar-refractivity contribution in [3.63, 3.8) is 0 Å². The van der Waals surface area contributed by atoms with E-state index in [2.05, 4.69) is 6.58 Å². The van der Waals surface area contributed by atoms with Gasteiger partial charge < -0.3 is 14.2 Å². The lowest BCUT2D eigenvalue weighted by molar-refractivity contribution is 0.0200. The quantitative estimate of drug-likeness (QED) is 0.608. The molecule has 0 fully saturated rings. The maximum atomic E-state index is 11.6. The highest BCUT2D eigenvalue weighted by molar-refractivity contribution is 5.66. The summed E-state index contributed by atoms with van der Waals surface area (Å²) >= 11 is 0. The minimum atomic E-state index is -0.750. The van der Waals surface area contributed by atoms with Crippen molar-refractivity contribution in [1.82, 2.24) is 0 Å². The van der Waals surface area contributed by atoms with Gasteiger partial charge in [-0.15, -0.1) is 0 Å². The van der Waals surface area contributed by atoms with Gasteiger partial charge in [0.05, 0.1) is 6.61 Å². The molecule has 0 aliphatic carbocycles. The van der Waals surface area contributed by atoms with Gasteiger partial charge in [-0.1, -0.05) is 18.7 Å². The van der Waals surface area contributed by atoms with Gasteiger partial charge in [0.2, 0.25) is 0 Å². The van der Waals surface area contributed by atoms with E-state index in [1.54, 1.807) is 45.0 Å². The third-order valence-corrected chi connectivity index (χ3v) is 2.09. The molecule has 0 unspecified atom stereocenters. The molecule has 0 heterocycles. The Labute approximate surface area is 114 Å². The molecule has 19 heavy (non-hydrogen) atoms. The van der Waals surface area contributed by atoms with Gasteiger partial charge in [0.1, 0.15) is 5.60 Å². The van der Waals surface area contributed by atoms with Crippen molar-refractivity contribution in [1.29, 1.82) is 0 Å². The fraction of sp³-hybridized carbons (Fsp3) is 0.400. The van der Waals surface area contributed by atoms with Gasteiger partial charge in [-0.2, -0.15) is 0 Å². The highest BCUT2D eigenvalue weighted by Gasteiger charge is 2.19. The minimum Gasteiger partial charge on any atom is -0.490 e. The molecule has 1 rings (SSSR count). The van der Waals surface area contributed by atoms with Crippen molar-refractivity contribution in [2.45, 2.75) is 33.3 Å². The van der Waals surface area contributed by atoms with Crippen molar-refractivity contribution >= 4 is 12.2 Å². The van der Waals surface area contributed by atoms with Crippen LogP contribution in [0.4, 0.5) is 4.79 Å². The number of carbonyl (C=O) groups excluding carboxylic acids is 1. The van der Waals surface area contributed by atoms with Crippen LogP contribution in [0.5, 0.6) is 11.5 Å². The van der Waals surface area contributed by atoms with Crippen molar-refractivity contribution in [3.05, 3.63) is 30.3 Å². The predicted octanol–water partition coefficient (Wildman–Crippen LogP) is 4.04. The fourth-order valence-electron chi connectivity index (χ4n) is 1.36. The maximum absolute atomic E-state index is 11.6. The smallest absolute Gasteiger partial charge is 0.490 e. The van der Waals surface area contributed by atoms with E-state index in [0.29, 0.717) is 18.1 Å². The number of ether oxygens (including phenoxy) is 3. The Balaban J connectivity index is 2.87. The number of carbonyl (C=O) groups is 1. The van der Waals surface area contributed by atoms with E-state index in [4.69, 9.17) is 14.2 Å². The monoisotopic (exact) mass is 264 g/mol. The Kier molecular flexibility index (Phi) is 4.98. The van der Waals surface area contributed by atoms with Gasteiger partial charge in [0, 0.05) is 0 Å². The molecule has 0 spiro atoms. The Morgan fingerprint density at radius 1 is 1.32 bits per heavy atom. The number of hydrogen-bond acceptors (Lipinski definition) is 4. The fourth-order valence-corrected chi connectivity index (χ4v) is 1.36. The Hall–Kier alpha value is -1.97. The first kappa shape index (κ1) is 15.1. The highest BCUT2D eigenvalue weighted by atomic mass is 16.7. The maximum Gasteiger partial charge on any atom is 0.514 e. The van der Waals surface area contributed by atoms with Crippen molar-refractivity contribution in [3.8, 4) is 11.5 Å². The molecule has 4 nitrogen and oxygen atoms in total. The van der Waals surface area contributed by atoms with Crippen molar-refractivity contribution < 1.29 is 19.0 Å². The van der Waals surface area contributed by atoms with Crippen molar-refractivity contribution in [2.24, 2.45) is 0 Å². The SMILES string of the molecule is C=Cc1ccc(OC(=O)OC(C)(C)C)c(OCC)c1. The van der Waals surface area contributed by atoms with Gasteiger partial charge in [-0.3, -0.25) is 0 Å². The molecule has 0 N–H and O–H groups in total. The summed E-state index contributed by atoms with van der Waals surface area (Å²) in [5.74, 6) is 0.826. The molecule has 0 atom stereocenters. The van der Waals surface area contributed by atoms with Gasteiger partial charge >= 0.3 is 6.16 Å². The topological polar surface area (TPSA) is 44.8 Å². The van der Waals surface area contributed by atoms with E-state index >= 15 is 0 Å². The van der Waals surface area contributed by atoms with Crippen LogP contribution in [-0.4, -0.2) is 18.4 Å². The molecular weight excluding hydrogens is 244 g/mol. The summed E-state index contributed by atoms with van der Waals surface area (Å²) in [5, 5.41) is 0. The molecule has 0 aromatic heterocycles. The lowest BCUT2D eigenvalue weighted by atomic mass is 10.2. The molecule has 1 aromatic rings. The summed E-state index contributed by atoms with van der Waals surface area (Å²) in [6, 6.07) is 5.21. The standard InChI is InChI=1S/C15H20O4/c1-6-11-8-9-12(13(10-11)17-7-2)18-14(16)19-15(3,4)5/h6,8-10H,1,7H2,2-5H3. The van der Waals surface area contributed by atoms with Crippen LogP contribution in [0.3, 0.4) is 0 Å². The molecule has 0 radical (unpaired) electrons. The largest absolute Gasteiger partial charge is 0.514 e. The third-order valence-electron chi connectivity index (χ3n) is 2.09. The van der Waals surface area contributed by atoms with E-state index in [1.165, 1.54) is 0 Å². The molecule has 0 saturated heterocycles. The number of hydrogen-bond donors (Lipinski definition) is 0. The molecular formula is C15H20O4. The van der Waals surface area contributed by atoms with E-state index in [9.17, 15) is 4.79 Å². The summed E-state index contributed by atoms with van der Waals surface area (Å²) in [6.45, 7) is 11.3. The normalized spacial score (nSPS) is 10.7. The Bertz CT molecular complexity index is 458. The summed E-state index contributed by atoms with van der Waals surface area (Å²) in [4.78, 5) is 11.6. The van der Waals surface area contributed by atoms with E-state index in [-0.39, 0.29) is 0 Å². The number of benzene rings is 1. The van der Waals surface area contributed by atoms with Gasteiger partial charge in [-0.05, 0) is 45.4 Å². The van der Waals surface area contributed by atoms with Crippen LogP contribution in [0.15, 0.2) is 24.8 Å². The zero-order chi connectivity index (χ0) is 14.5. The molecule has 0 aliphatic heterocycles. The molecule has 1 aromatic carbocycles. The van der Waals surface area contributed by atoms with Gasteiger partial charge in [-0.25, -0.2) is 4.79 Å². The van der Waals surface area contributed by atoms with Crippen LogP contribution < -0.4 is 9.47 Å². The molecule has 0 saturated carbocycles. The van der Waals surface area contributed by atoms with E-state index < -0.39 is 11.8 Å². The molecule has 0 bridgehead atoms. The molecule has 0 aliphatic rings. The second-order valence-electron chi connectivity index (χ2n) is 4.91. The highest BCUT2D eigenvalue weighted by Crippen LogP contribution is 2.29. The van der Waals surface area contributed by atoms with Crippen molar-refractivity contribution in [2.75, 3.05) is 6.61 Å². The zero-order valence-electron chi connectivity index (χ0n) is 11.9. The predicted molar refractivity (Wildman–Crippen MR) is 74.6 cm³/mol. The van der Waals surface area contributed by atoms with Crippen LogP contribution in [0, 0.1) is 0 Å². The average Bonchev–Trinajstić information content (AvgIpc) is 2.29.